The quantitative estimate of drug-likeness (QED) is 0.743. The fourth-order valence-electron chi connectivity index (χ4n) is 2.69. The second-order valence-electron chi connectivity index (χ2n) is 5.00. The van der Waals surface area contributed by atoms with Crippen molar-refractivity contribution in [2.75, 3.05) is 13.2 Å². The second kappa shape index (κ2) is 7.10. The van der Waals surface area contributed by atoms with E-state index in [1.165, 1.54) is 0 Å². The average molecular weight is 258 g/mol. The van der Waals surface area contributed by atoms with Gasteiger partial charge in [-0.25, -0.2) is 4.79 Å². The molecule has 3 unspecified atom stereocenters. The third-order valence-electron chi connectivity index (χ3n) is 3.82. The van der Waals surface area contributed by atoms with Gasteiger partial charge in [-0.1, -0.05) is 20.3 Å². The van der Waals surface area contributed by atoms with E-state index < -0.39 is 11.6 Å². The molecule has 0 aliphatic carbocycles. The van der Waals surface area contributed by atoms with Crippen molar-refractivity contribution in [1.82, 2.24) is 0 Å². The standard InChI is InChI=1S/C14H26O4/c1-4-7-12-10-11(8-9-18-12)14(16,5-2)13(15)17-6-3/h11-12,16H,4-10H2,1-3H3. The van der Waals surface area contributed by atoms with E-state index in [1.54, 1.807) is 6.92 Å². The van der Waals surface area contributed by atoms with Crippen LogP contribution in [0.3, 0.4) is 0 Å². The Morgan fingerprint density at radius 1 is 1.44 bits per heavy atom. The lowest BCUT2D eigenvalue weighted by Crippen LogP contribution is -2.49. The van der Waals surface area contributed by atoms with Crippen LogP contribution in [0.25, 0.3) is 0 Å². The lowest BCUT2D eigenvalue weighted by Gasteiger charge is -2.38. The summed E-state index contributed by atoms with van der Waals surface area (Å²) in [4.78, 5) is 11.9. The number of aliphatic hydroxyl groups is 1. The minimum atomic E-state index is -1.34. The Morgan fingerprint density at radius 3 is 2.72 bits per heavy atom. The highest BCUT2D eigenvalue weighted by molar-refractivity contribution is 5.79. The van der Waals surface area contributed by atoms with E-state index in [4.69, 9.17) is 9.47 Å². The van der Waals surface area contributed by atoms with Crippen LogP contribution in [0.1, 0.15) is 52.9 Å². The molecule has 0 aromatic rings. The summed E-state index contributed by atoms with van der Waals surface area (Å²) in [6.07, 6.45) is 4.08. The predicted octanol–water partition coefficient (Wildman–Crippen LogP) is 2.29. The van der Waals surface area contributed by atoms with Crippen LogP contribution in [-0.2, 0) is 14.3 Å². The maximum atomic E-state index is 11.9. The highest BCUT2D eigenvalue weighted by atomic mass is 16.5. The van der Waals surface area contributed by atoms with Crippen LogP contribution >= 0.6 is 0 Å². The fraction of sp³-hybridized carbons (Fsp3) is 0.929. The van der Waals surface area contributed by atoms with Crippen molar-refractivity contribution in [2.24, 2.45) is 5.92 Å². The van der Waals surface area contributed by atoms with E-state index in [2.05, 4.69) is 6.92 Å². The monoisotopic (exact) mass is 258 g/mol. The highest BCUT2D eigenvalue weighted by Gasteiger charge is 2.45. The molecule has 18 heavy (non-hydrogen) atoms. The number of ether oxygens (including phenoxy) is 2. The van der Waals surface area contributed by atoms with Gasteiger partial charge in [-0.3, -0.25) is 0 Å². The first-order chi connectivity index (χ1) is 8.58. The van der Waals surface area contributed by atoms with Crippen molar-refractivity contribution in [1.29, 1.82) is 0 Å². The summed E-state index contributed by atoms with van der Waals surface area (Å²) in [6.45, 7) is 6.64. The molecule has 1 saturated heterocycles. The van der Waals surface area contributed by atoms with E-state index in [9.17, 15) is 9.90 Å². The maximum absolute atomic E-state index is 11.9. The molecule has 0 saturated carbocycles. The first-order valence-corrected chi connectivity index (χ1v) is 7.09. The van der Waals surface area contributed by atoms with Crippen LogP contribution < -0.4 is 0 Å². The summed E-state index contributed by atoms with van der Waals surface area (Å²) in [5.41, 5.74) is -1.34. The second-order valence-corrected chi connectivity index (χ2v) is 5.00. The van der Waals surface area contributed by atoms with Crippen LogP contribution in [0, 0.1) is 5.92 Å². The molecular weight excluding hydrogens is 232 g/mol. The molecule has 1 aliphatic rings. The van der Waals surface area contributed by atoms with Gasteiger partial charge in [0, 0.05) is 12.5 Å². The summed E-state index contributed by atoms with van der Waals surface area (Å²) in [7, 11) is 0. The molecule has 4 heteroatoms. The highest BCUT2D eigenvalue weighted by Crippen LogP contribution is 2.34. The Morgan fingerprint density at radius 2 is 2.17 bits per heavy atom. The Balaban J connectivity index is 2.71. The van der Waals surface area contributed by atoms with Gasteiger partial charge in [-0.05, 0) is 32.6 Å². The van der Waals surface area contributed by atoms with Crippen molar-refractivity contribution in [3.8, 4) is 0 Å². The fourth-order valence-corrected chi connectivity index (χ4v) is 2.69. The molecule has 4 nitrogen and oxygen atoms in total. The summed E-state index contributed by atoms with van der Waals surface area (Å²) in [6, 6.07) is 0. The molecule has 0 aromatic heterocycles. The Bertz CT molecular complexity index is 265. The number of hydrogen-bond donors (Lipinski definition) is 1. The van der Waals surface area contributed by atoms with Crippen LogP contribution in [0.15, 0.2) is 0 Å². The Kier molecular flexibility index (Phi) is 6.09. The van der Waals surface area contributed by atoms with Gasteiger partial charge in [0.1, 0.15) is 0 Å². The van der Waals surface area contributed by atoms with E-state index >= 15 is 0 Å². The molecule has 1 N–H and O–H groups in total. The molecule has 1 aliphatic heterocycles. The normalized spacial score (nSPS) is 27.6. The van der Waals surface area contributed by atoms with Gasteiger partial charge in [0.25, 0.3) is 0 Å². The van der Waals surface area contributed by atoms with Gasteiger partial charge in [0.15, 0.2) is 5.60 Å². The molecule has 3 atom stereocenters. The van der Waals surface area contributed by atoms with Crippen LogP contribution in [0.2, 0.25) is 0 Å². The minimum absolute atomic E-state index is 0.0492. The van der Waals surface area contributed by atoms with Gasteiger partial charge < -0.3 is 14.6 Å². The van der Waals surface area contributed by atoms with Crippen LogP contribution in [0.5, 0.6) is 0 Å². The third-order valence-corrected chi connectivity index (χ3v) is 3.82. The molecule has 1 rings (SSSR count). The van der Waals surface area contributed by atoms with Crippen LogP contribution in [-0.4, -0.2) is 36.0 Å². The number of esters is 1. The molecule has 106 valence electrons. The zero-order valence-electron chi connectivity index (χ0n) is 11.8. The van der Waals surface area contributed by atoms with Gasteiger partial charge >= 0.3 is 5.97 Å². The minimum Gasteiger partial charge on any atom is -0.464 e. The lowest BCUT2D eigenvalue weighted by atomic mass is 9.77. The molecule has 0 bridgehead atoms. The zero-order chi connectivity index (χ0) is 13.6. The Hall–Kier alpha value is -0.610. The van der Waals surface area contributed by atoms with E-state index in [0.29, 0.717) is 19.6 Å². The van der Waals surface area contributed by atoms with Crippen LogP contribution in [0.4, 0.5) is 0 Å². The van der Waals surface area contributed by atoms with Gasteiger partial charge in [0.2, 0.25) is 0 Å². The molecule has 0 amide bonds. The molecular formula is C14H26O4. The van der Waals surface area contributed by atoms with E-state index in [0.717, 1.165) is 25.7 Å². The van der Waals surface area contributed by atoms with Crippen molar-refractivity contribution in [2.45, 2.75) is 64.6 Å². The molecule has 0 spiro atoms. The summed E-state index contributed by atoms with van der Waals surface area (Å²) < 4.78 is 10.7. The zero-order valence-corrected chi connectivity index (χ0v) is 11.8. The SMILES string of the molecule is CCCC1CC(C(O)(CC)C(=O)OCC)CCO1. The first kappa shape index (κ1) is 15.4. The molecule has 1 fully saturated rings. The molecule has 0 aromatic carbocycles. The summed E-state index contributed by atoms with van der Waals surface area (Å²) in [5, 5.41) is 10.6. The predicted molar refractivity (Wildman–Crippen MR) is 69.2 cm³/mol. The third kappa shape index (κ3) is 3.45. The van der Waals surface area contributed by atoms with Gasteiger partial charge in [0.05, 0.1) is 12.7 Å². The molecule has 1 heterocycles. The number of rotatable bonds is 6. The maximum Gasteiger partial charge on any atom is 0.338 e. The van der Waals surface area contributed by atoms with Crippen molar-refractivity contribution >= 4 is 5.97 Å². The van der Waals surface area contributed by atoms with Crippen molar-refractivity contribution in [3.05, 3.63) is 0 Å². The summed E-state index contributed by atoms with van der Waals surface area (Å²) >= 11 is 0. The van der Waals surface area contributed by atoms with Crippen molar-refractivity contribution < 1.29 is 19.4 Å². The number of carbonyl (C=O) groups excluding carboxylic acids is 1. The number of carbonyl (C=O) groups is 1. The van der Waals surface area contributed by atoms with E-state index in [1.807, 2.05) is 6.92 Å². The van der Waals surface area contributed by atoms with Gasteiger partial charge in [-0.2, -0.15) is 0 Å². The lowest BCUT2D eigenvalue weighted by molar-refractivity contribution is -0.178. The smallest absolute Gasteiger partial charge is 0.338 e. The van der Waals surface area contributed by atoms with Crippen molar-refractivity contribution in [3.63, 3.8) is 0 Å². The topological polar surface area (TPSA) is 55.8 Å². The van der Waals surface area contributed by atoms with E-state index in [-0.39, 0.29) is 12.0 Å². The molecule has 0 radical (unpaired) electrons. The summed E-state index contributed by atoms with van der Waals surface area (Å²) in [5.74, 6) is -0.526. The first-order valence-electron chi connectivity index (χ1n) is 7.09. The average Bonchev–Trinajstić information content (AvgIpc) is 2.38. The Labute approximate surface area is 110 Å². The number of hydrogen-bond acceptors (Lipinski definition) is 4. The van der Waals surface area contributed by atoms with Gasteiger partial charge in [-0.15, -0.1) is 0 Å². The largest absolute Gasteiger partial charge is 0.464 e.